The Kier molecular flexibility index (Phi) is 4.54. The minimum Gasteiger partial charge on any atom is -0.463 e. The van der Waals surface area contributed by atoms with Gasteiger partial charge in [0.2, 0.25) is 5.43 Å². The number of hydrogen-bond acceptors (Lipinski definition) is 5. The van der Waals surface area contributed by atoms with Gasteiger partial charge < -0.3 is 9.15 Å². The number of benzene rings is 3. The van der Waals surface area contributed by atoms with Gasteiger partial charge in [0, 0.05) is 25.6 Å². The average molecular weight is 470 g/mol. The highest BCUT2D eigenvalue weighted by Crippen LogP contribution is 2.43. The number of aryl methyl sites for hydroxylation is 2. The van der Waals surface area contributed by atoms with E-state index in [0.717, 1.165) is 16.6 Å². The molecule has 1 aliphatic heterocycles. The molecule has 6 rings (SSSR count). The first-order valence-corrected chi connectivity index (χ1v) is 11.0. The fraction of sp³-hybridized carbons (Fsp3) is 0.148. The quantitative estimate of drug-likeness (QED) is 0.285. The summed E-state index contributed by atoms with van der Waals surface area (Å²) in [4.78, 5) is 38.2. The van der Waals surface area contributed by atoms with E-state index in [9.17, 15) is 18.8 Å². The average Bonchev–Trinajstić information content (AvgIpc) is 3.07. The third kappa shape index (κ3) is 3.13. The number of nitrogens with zero attached hydrogens (tertiary/aromatic N) is 2. The molecule has 0 saturated carbocycles. The lowest BCUT2D eigenvalue weighted by molar-refractivity contribution is -0.135. The van der Waals surface area contributed by atoms with Crippen LogP contribution in [0.25, 0.3) is 33.1 Å². The zero-order valence-corrected chi connectivity index (χ0v) is 18.9. The standard InChI is InChI=1S/C27H19FN2O5/c1-29-20-9-5-15(11-21(20)30(2)27(29)33)18-12-23(31)35-22-10-8-17-25(32)19(13-34-26(17)24(18)22)14-3-6-16(28)7-4-14/h3-11,13,18H,12H2,1-2H3/t18-/m0/s1. The molecule has 0 unspecified atom stereocenters. The molecule has 3 aromatic carbocycles. The zero-order valence-electron chi connectivity index (χ0n) is 18.9. The molecule has 0 spiro atoms. The Morgan fingerprint density at radius 2 is 1.66 bits per heavy atom. The number of halogens is 1. The van der Waals surface area contributed by atoms with Crippen LogP contribution in [0, 0.1) is 5.82 Å². The van der Waals surface area contributed by atoms with Gasteiger partial charge in [-0.25, -0.2) is 9.18 Å². The van der Waals surface area contributed by atoms with Crippen molar-refractivity contribution < 1.29 is 18.3 Å². The molecule has 0 amide bonds. The number of aromatic nitrogens is 2. The number of rotatable bonds is 2. The third-order valence-electron chi connectivity index (χ3n) is 6.74. The summed E-state index contributed by atoms with van der Waals surface area (Å²) < 4.78 is 28.0. The second-order valence-corrected chi connectivity index (χ2v) is 8.72. The number of hydrogen-bond donors (Lipinski definition) is 0. The number of fused-ring (bicyclic) bond motifs is 4. The molecule has 1 atom stereocenters. The second kappa shape index (κ2) is 7.53. The van der Waals surface area contributed by atoms with Crippen LogP contribution in [0.15, 0.2) is 74.9 Å². The molecular formula is C27H19FN2O5. The van der Waals surface area contributed by atoms with Crippen molar-refractivity contribution in [2.24, 2.45) is 14.1 Å². The van der Waals surface area contributed by atoms with Crippen molar-refractivity contribution >= 4 is 28.0 Å². The van der Waals surface area contributed by atoms with Crippen molar-refractivity contribution in [2.75, 3.05) is 0 Å². The zero-order chi connectivity index (χ0) is 24.4. The van der Waals surface area contributed by atoms with Crippen LogP contribution in [-0.2, 0) is 18.9 Å². The van der Waals surface area contributed by atoms with Gasteiger partial charge in [-0.3, -0.25) is 18.7 Å². The molecule has 0 radical (unpaired) electrons. The highest BCUT2D eigenvalue weighted by atomic mass is 19.1. The molecule has 0 fully saturated rings. The summed E-state index contributed by atoms with van der Waals surface area (Å²) in [7, 11) is 3.40. The summed E-state index contributed by atoms with van der Waals surface area (Å²) in [5.41, 5.74) is 3.67. The van der Waals surface area contributed by atoms with Crippen LogP contribution in [0.4, 0.5) is 4.39 Å². The van der Waals surface area contributed by atoms with E-state index in [1.807, 2.05) is 18.2 Å². The van der Waals surface area contributed by atoms with Crippen molar-refractivity contribution in [1.82, 2.24) is 9.13 Å². The van der Waals surface area contributed by atoms with Gasteiger partial charge in [0.1, 0.15) is 23.4 Å². The van der Waals surface area contributed by atoms with Crippen molar-refractivity contribution in [1.29, 1.82) is 0 Å². The number of carbonyl (C=O) groups excluding carboxylic acids is 1. The Labute approximate surface area is 197 Å². The number of ether oxygens (including phenoxy) is 1. The molecule has 0 aliphatic carbocycles. The number of carbonyl (C=O) groups is 1. The van der Waals surface area contributed by atoms with Gasteiger partial charge in [-0.2, -0.15) is 0 Å². The van der Waals surface area contributed by atoms with E-state index in [1.54, 1.807) is 35.4 Å². The summed E-state index contributed by atoms with van der Waals surface area (Å²) in [6, 6.07) is 14.4. The smallest absolute Gasteiger partial charge is 0.328 e. The fourth-order valence-corrected chi connectivity index (χ4v) is 4.91. The molecule has 1 aliphatic rings. The van der Waals surface area contributed by atoms with Crippen LogP contribution in [0.2, 0.25) is 0 Å². The van der Waals surface area contributed by atoms with Crippen LogP contribution in [-0.4, -0.2) is 15.1 Å². The maximum atomic E-state index is 13.4. The monoisotopic (exact) mass is 470 g/mol. The predicted molar refractivity (Wildman–Crippen MR) is 128 cm³/mol. The van der Waals surface area contributed by atoms with Gasteiger partial charge in [-0.1, -0.05) is 18.2 Å². The normalized spacial score (nSPS) is 15.4. The SMILES string of the molecule is Cn1c(=O)n(C)c2cc([C@@H]3CC(=O)Oc4ccc5c(=O)c(-c6ccc(F)cc6)coc5c43)ccc21. The van der Waals surface area contributed by atoms with Crippen LogP contribution in [0.5, 0.6) is 5.75 Å². The van der Waals surface area contributed by atoms with Crippen LogP contribution < -0.4 is 15.9 Å². The molecule has 3 heterocycles. The summed E-state index contributed by atoms with van der Waals surface area (Å²) in [6.07, 6.45) is 1.41. The predicted octanol–water partition coefficient (Wildman–Crippen LogP) is 4.23. The van der Waals surface area contributed by atoms with Crippen LogP contribution in [0.1, 0.15) is 23.5 Å². The highest BCUT2D eigenvalue weighted by Gasteiger charge is 2.32. The van der Waals surface area contributed by atoms with E-state index >= 15 is 0 Å². The highest BCUT2D eigenvalue weighted by molar-refractivity contribution is 5.90. The minimum absolute atomic E-state index is 0.0574. The minimum atomic E-state index is -0.436. The Hall–Kier alpha value is -4.46. The van der Waals surface area contributed by atoms with E-state index in [1.165, 1.54) is 30.5 Å². The summed E-state index contributed by atoms with van der Waals surface area (Å²) in [5, 5.41) is 0.335. The Bertz CT molecular complexity index is 1790. The topological polar surface area (TPSA) is 83.4 Å². The number of imidazole rings is 1. The van der Waals surface area contributed by atoms with Gasteiger partial charge in [0.15, 0.2) is 0 Å². The number of esters is 1. The largest absolute Gasteiger partial charge is 0.463 e. The molecule has 0 N–H and O–H groups in total. The van der Waals surface area contributed by atoms with Crippen molar-refractivity contribution in [2.45, 2.75) is 12.3 Å². The molecule has 8 heteroatoms. The second-order valence-electron chi connectivity index (χ2n) is 8.72. The van der Waals surface area contributed by atoms with E-state index in [2.05, 4.69) is 0 Å². The molecule has 35 heavy (non-hydrogen) atoms. The summed E-state index contributed by atoms with van der Waals surface area (Å²) in [6.45, 7) is 0. The third-order valence-corrected chi connectivity index (χ3v) is 6.74. The van der Waals surface area contributed by atoms with Crippen molar-refractivity contribution in [3.05, 3.63) is 98.5 Å². The van der Waals surface area contributed by atoms with Crippen molar-refractivity contribution in [3.63, 3.8) is 0 Å². The molecular weight excluding hydrogens is 451 g/mol. The van der Waals surface area contributed by atoms with Gasteiger partial charge in [-0.05, 0) is 47.5 Å². The fourth-order valence-electron chi connectivity index (χ4n) is 4.91. The first-order chi connectivity index (χ1) is 16.8. The molecule has 174 valence electrons. The molecule has 5 aromatic rings. The summed E-state index contributed by atoms with van der Waals surface area (Å²) >= 11 is 0. The van der Waals surface area contributed by atoms with Gasteiger partial charge in [-0.15, -0.1) is 0 Å². The Morgan fingerprint density at radius 3 is 2.43 bits per heavy atom. The van der Waals surface area contributed by atoms with E-state index in [-0.39, 0.29) is 17.5 Å². The van der Waals surface area contributed by atoms with Crippen LogP contribution >= 0.6 is 0 Å². The van der Waals surface area contributed by atoms with Gasteiger partial charge in [0.05, 0.1) is 28.4 Å². The maximum absolute atomic E-state index is 13.4. The first kappa shape index (κ1) is 21.1. The lowest BCUT2D eigenvalue weighted by Gasteiger charge is -2.25. The van der Waals surface area contributed by atoms with Crippen LogP contribution in [0.3, 0.4) is 0 Å². The van der Waals surface area contributed by atoms with E-state index in [0.29, 0.717) is 33.4 Å². The Morgan fingerprint density at radius 1 is 0.914 bits per heavy atom. The molecule has 0 bridgehead atoms. The van der Waals surface area contributed by atoms with Gasteiger partial charge in [0.25, 0.3) is 0 Å². The van der Waals surface area contributed by atoms with E-state index in [4.69, 9.17) is 9.15 Å². The van der Waals surface area contributed by atoms with Crippen molar-refractivity contribution in [3.8, 4) is 16.9 Å². The lowest BCUT2D eigenvalue weighted by atomic mass is 9.85. The summed E-state index contributed by atoms with van der Waals surface area (Å²) in [5.74, 6) is -0.896. The molecule has 2 aromatic heterocycles. The molecule has 7 nitrogen and oxygen atoms in total. The maximum Gasteiger partial charge on any atom is 0.328 e. The first-order valence-electron chi connectivity index (χ1n) is 11.0. The lowest BCUT2D eigenvalue weighted by Crippen LogP contribution is -2.22. The molecule has 0 saturated heterocycles. The Balaban J connectivity index is 1.57. The van der Waals surface area contributed by atoms with E-state index < -0.39 is 17.7 Å². The van der Waals surface area contributed by atoms with Gasteiger partial charge >= 0.3 is 11.7 Å².